The second-order valence-electron chi connectivity index (χ2n) is 6.27. The predicted molar refractivity (Wildman–Crippen MR) is 96.6 cm³/mol. The monoisotopic (exact) mass is 412 g/mol. The van der Waals surface area contributed by atoms with Gasteiger partial charge in [0, 0.05) is 11.6 Å². The van der Waals surface area contributed by atoms with Crippen molar-refractivity contribution in [3.8, 4) is 5.69 Å². The van der Waals surface area contributed by atoms with Crippen molar-refractivity contribution in [3.05, 3.63) is 57.6 Å². The van der Waals surface area contributed by atoms with Crippen LogP contribution in [0, 0.1) is 20.8 Å². The van der Waals surface area contributed by atoms with Crippen molar-refractivity contribution in [3.63, 3.8) is 0 Å². The number of anilines is 1. The number of carbonyl (C=O) groups is 1. The Morgan fingerprint density at radius 3 is 2.57 bits per heavy atom. The Kier molecular flexibility index (Phi) is 5.20. The Bertz CT molecular complexity index is 1020. The lowest BCUT2D eigenvalue weighted by Gasteiger charge is -2.13. The normalized spacial score (nSPS) is 11.7. The van der Waals surface area contributed by atoms with E-state index in [2.05, 4.69) is 15.6 Å². The van der Waals surface area contributed by atoms with Crippen LogP contribution in [0.2, 0.25) is 5.02 Å². The molecule has 1 amide bonds. The molecule has 1 N–H and O–H groups in total. The van der Waals surface area contributed by atoms with Crippen molar-refractivity contribution in [2.24, 2.45) is 0 Å². The van der Waals surface area contributed by atoms with Gasteiger partial charge in [-0.15, -0.1) is 0 Å². The van der Waals surface area contributed by atoms with Gasteiger partial charge in [-0.1, -0.05) is 16.8 Å². The van der Waals surface area contributed by atoms with Gasteiger partial charge >= 0.3 is 6.18 Å². The lowest BCUT2D eigenvalue weighted by Crippen LogP contribution is -2.18. The van der Waals surface area contributed by atoms with E-state index in [0.29, 0.717) is 22.7 Å². The fourth-order valence-corrected chi connectivity index (χ4v) is 2.92. The number of nitrogens with one attached hydrogen (secondary N) is 1. The number of carbonyl (C=O) groups excluding carboxylic acids is 1. The van der Waals surface area contributed by atoms with Crippen molar-refractivity contribution < 1.29 is 22.5 Å². The standard InChI is InChI=1S/C18H16ClF3N4O2/c1-9-6-16(23-17(27)8-13-10(2)25-28-11(13)3)26(24-9)15-7-12(18(20,21)22)4-5-14(15)19/h4-7H,8H2,1-3H3,(H,23,27). The van der Waals surface area contributed by atoms with Crippen LogP contribution in [0.25, 0.3) is 5.69 Å². The van der Waals surface area contributed by atoms with Crippen molar-refractivity contribution in [1.29, 1.82) is 0 Å². The summed E-state index contributed by atoms with van der Waals surface area (Å²) in [5.41, 5.74) is 0.891. The van der Waals surface area contributed by atoms with Gasteiger partial charge < -0.3 is 9.84 Å². The number of amides is 1. The number of halogens is 4. The fraction of sp³-hybridized carbons (Fsp3) is 0.278. The summed E-state index contributed by atoms with van der Waals surface area (Å²) in [5, 5.41) is 10.7. The molecule has 0 bridgehead atoms. The first-order valence-electron chi connectivity index (χ1n) is 8.21. The topological polar surface area (TPSA) is 73.0 Å². The Labute approximate surface area is 163 Å². The number of rotatable bonds is 4. The van der Waals surface area contributed by atoms with E-state index < -0.39 is 17.6 Å². The van der Waals surface area contributed by atoms with Crippen molar-refractivity contribution in [1.82, 2.24) is 14.9 Å². The van der Waals surface area contributed by atoms with Gasteiger partial charge in [0.05, 0.1) is 34.1 Å². The molecule has 0 spiro atoms. The maximum absolute atomic E-state index is 13.1. The van der Waals surface area contributed by atoms with E-state index in [1.807, 2.05) is 0 Å². The molecule has 0 aliphatic carbocycles. The van der Waals surface area contributed by atoms with Gasteiger partial charge in [-0.25, -0.2) is 4.68 Å². The highest BCUT2D eigenvalue weighted by Crippen LogP contribution is 2.34. The van der Waals surface area contributed by atoms with Gasteiger partial charge in [0.2, 0.25) is 5.91 Å². The highest BCUT2D eigenvalue weighted by molar-refractivity contribution is 6.32. The SMILES string of the molecule is Cc1cc(NC(=O)Cc2c(C)noc2C)n(-c2cc(C(F)(F)F)ccc2Cl)n1. The molecule has 1 aromatic carbocycles. The Hall–Kier alpha value is -2.81. The molecule has 0 atom stereocenters. The molecule has 2 aromatic heterocycles. The number of hydrogen-bond acceptors (Lipinski definition) is 4. The molecule has 2 heterocycles. The molecule has 0 aliphatic heterocycles. The summed E-state index contributed by atoms with van der Waals surface area (Å²) >= 11 is 6.09. The summed E-state index contributed by atoms with van der Waals surface area (Å²) in [4.78, 5) is 12.5. The first-order valence-corrected chi connectivity index (χ1v) is 8.59. The van der Waals surface area contributed by atoms with Gasteiger partial charge in [0.25, 0.3) is 0 Å². The zero-order valence-corrected chi connectivity index (χ0v) is 15.9. The van der Waals surface area contributed by atoms with E-state index in [9.17, 15) is 18.0 Å². The van der Waals surface area contributed by atoms with Crippen LogP contribution in [0.5, 0.6) is 0 Å². The Morgan fingerprint density at radius 2 is 1.96 bits per heavy atom. The summed E-state index contributed by atoms with van der Waals surface area (Å²) in [7, 11) is 0. The minimum atomic E-state index is -4.53. The number of benzene rings is 1. The molecule has 0 fully saturated rings. The molecular weight excluding hydrogens is 397 g/mol. The van der Waals surface area contributed by atoms with Gasteiger partial charge in [-0.3, -0.25) is 4.79 Å². The predicted octanol–water partition coefficient (Wildman–Crippen LogP) is 4.64. The minimum Gasteiger partial charge on any atom is -0.361 e. The minimum absolute atomic E-state index is 0.00170. The van der Waals surface area contributed by atoms with Crippen molar-refractivity contribution >= 4 is 23.3 Å². The van der Waals surface area contributed by atoms with Crippen LogP contribution in [0.15, 0.2) is 28.8 Å². The Morgan fingerprint density at radius 1 is 1.25 bits per heavy atom. The van der Waals surface area contributed by atoms with Crippen LogP contribution < -0.4 is 5.32 Å². The molecule has 3 aromatic rings. The number of alkyl halides is 3. The third kappa shape index (κ3) is 4.04. The van der Waals surface area contributed by atoms with Gasteiger partial charge in [0.1, 0.15) is 11.6 Å². The van der Waals surface area contributed by atoms with Crippen LogP contribution in [0.3, 0.4) is 0 Å². The van der Waals surface area contributed by atoms with Crippen LogP contribution >= 0.6 is 11.6 Å². The molecular formula is C18H16ClF3N4O2. The molecule has 6 nitrogen and oxygen atoms in total. The second kappa shape index (κ2) is 7.31. The van der Waals surface area contributed by atoms with E-state index in [1.165, 1.54) is 4.68 Å². The molecule has 0 unspecified atom stereocenters. The highest BCUT2D eigenvalue weighted by Gasteiger charge is 2.31. The molecule has 10 heteroatoms. The van der Waals surface area contributed by atoms with Gasteiger partial charge in [-0.05, 0) is 39.0 Å². The van der Waals surface area contributed by atoms with E-state index in [4.69, 9.17) is 16.1 Å². The van der Waals surface area contributed by atoms with Crippen LogP contribution in [-0.2, 0) is 17.4 Å². The van der Waals surface area contributed by atoms with Gasteiger partial charge in [-0.2, -0.15) is 18.3 Å². The molecule has 0 aliphatic rings. The second-order valence-corrected chi connectivity index (χ2v) is 6.68. The van der Waals surface area contributed by atoms with E-state index >= 15 is 0 Å². The maximum Gasteiger partial charge on any atom is 0.416 e. The average molecular weight is 413 g/mol. The maximum atomic E-state index is 13.1. The smallest absolute Gasteiger partial charge is 0.361 e. The zero-order valence-electron chi connectivity index (χ0n) is 15.2. The third-order valence-corrected chi connectivity index (χ3v) is 4.44. The molecule has 28 heavy (non-hydrogen) atoms. The fourth-order valence-electron chi connectivity index (χ4n) is 2.73. The Balaban J connectivity index is 1.93. The molecule has 148 valence electrons. The third-order valence-electron chi connectivity index (χ3n) is 4.12. The lowest BCUT2D eigenvalue weighted by molar-refractivity contribution is -0.137. The van der Waals surface area contributed by atoms with E-state index in [1.54, 1.807) is 26.8 Å². The largest absolute Gasteiger partial charge is 0.416 e. The zero-order chi connectivity index (χ0) is 20.6. The molecule has 3 rings (SSSR count). The van der Waals surface area contributed by atoms with E-state index in [-0.39, 0.29) is 22.9 Å². The molecule has 0 radical (unpaired) electrons. The number of aromatic nitrogens is 3. The van der Waals surface area contributed by atoms with Crippen LogP contribution in [0.1, 0.15) is 28.3 Å². The quantitative estimate of drug-likeness (QED) is 0.677. The number of aryl methyl sites for hydroxylation is 3. The highest BCUT2D eigenvalue weighted by atomic mass is 35.5. The lowest BCUT2D eigenvalue weighted by atomic mass is 10.1. The molecule has 0 saturated heterocycles. The molecule has 0 saturated carbocycles. The summed E-state index contributed by atoms with van der Waals surface area (Å²) in [6.07, 6.45) is -4.53. The summed E-state index contributed by atoms with van der Waals surface area (Å²) in [6, 6.07) is 4.46. The van der Waals surface area contributed by atoms with Crippen LogP contribution in [0.4, 0.5) is 19.0 Å². The van der Waals surface area contributed by atoms with Crippen molar-refractivity contribution in [2.75, 3.05) is 5.32 Å². The van der Waals surface area contributed by atoms with E-state index in [0.717, 1.165) is 18.2 Å². The van der Waals surface area contributed by atoms with Gasteiger partial charge in [0.15, 0.2) is 0 Å². The number of nitrogens with zero attached hydrogens (tertiary/aromatic N) is 3. The summed E-state index contributed by atoms with van der Waals surface area (Å²) in [5.74, 6) is 0.340. The first-order chi connectivity index (χ1) is 13.1. The average Bonchev–Trinajstić information content (AvgIpc) is 3.10. The number of hydrogen-bond donors (Lipinski definition) is 1. The van der Waals surface area contributed by atoms with Crippen LogP contribution in [-0.4, -0.2) is 20.8 Å². The van der Waals surface area contributed by atoms with Crippen molar-refractivity contribution in [2.45, 2.75) is 33.4 Å². The first kappa shape index (κ1) is 19.9. The summed E-state index contributed by atoms with van der Waals surface area (Å²) in [6.45, 7) is 5.07. The summed E-state index contributed by atoms with van der Waals surface area (Å²) < 4.78 is 45.4.